The molecule has 0 radical (unpaired) electrons. The lowest BCUT2D eigenvalue weighted by atomic mass is 10.2. The smallest absolute Gasteiger partial charge is 0.344 e. The Labute approximate surface area is 88.2 Å². The van der Waals surface area contributed by atoms with Crippen molar-refractivity contribution in [2.75, 3.05) is 7.11 Å². The van der Waals surface area contributed by atoms with Gasteiger partial charge in [-0.05, 0) is 24.3 Å². The lowest BCUT2D eigenvalue weighted by Gasteiger charge is -2.17. The fraction of sp³-hybridized carbons (Fsp3) is 0.273. The van der Waals surface area contributed by atoms with Crippen molar-refractivity contribution < 1.29 is 14.2 Å². The van der Waals surface area contributed by atoms with Crippen LogP contribution in [0.4, 0.5) is 0 Å². The van der Waals surface area contributed by atoms with Crippen LogP contribution in [0.2, 0.25) is 0 Å². The molecule has 1 aliphatic heterocycles. The molecule has 1 atom stereocenters. The van der Waals surface area contributed by atoms with Crippen molar-refractivity contribution >= 4 is 12.1 Å². The molecular formula is C11H13N2O2+. The maximum Gasteiger partial charge on any atom is 0.344 e. The van der Waals surface area contributed by atoms with E-state index in [1.54, 1.807) is 11.8 Å². The van der Waals surface area contributed by atoms with Gasteiger partial charge in [0.1, 0.15) is 5.75 Å². The fourth-order valence-electron chi connectivity index (χ4n) is 1.37. The molecule has 1 fully saturated rings. The summed E-state index contributed by atoms with van der Waals surface area (Å²) in [5, 5.41) is 0. The molecular weight excluding hydrogens is 192 g/mol. The highest BCUT2D eigenvalue weighted by Gasteiger charge is 2.38. The molecule has 0 saturated carbocycles. The van der Waals surface area contributed by atoms with Gasteiger partial charge in [-0.25, -0.2) is 0 Å². The van der Waals surface area contributed by atoms with E-state index in [2.05, 4.69) is 5.43 Å². The molecule has 1 aliphatic rings. The van der Waals surface area contributed by atoms with Gasteiger partial charge in [-0.3, -0.25) is 4.79 Å². The topological polar surface area (TPSA) is 41.3 Å². The van der Waals surface area contributed by atoms with Crippen LogP contribution in [0.5, 0.6) is 5.75 Å². The second-order valence-corrected chi connectivity index (χ2v) is 3.46. The highest BCUT2D eigenvalue weighted by Crippen LogP contribution is 2.10. The zero-order chi connectivity index (χ0) is 10.8. The van der Waals surface area contributed by atoms with Crippen molar-refractivity contribution in [3.63, 3.8) is 0 Å². The van der Waals surface area contributed by atoms with Crippen molar-refractivity contribution in [2.24, 2.45) is 0 Å². The SMILES string of the molecule is COc1ccc(/C=[N+]2\NC(=O)C2C)cc1. The molecule has 78 valence electrons. The van der Waals surface area contributed by atoms with Gasteiger partial charge in [-0.2, -0.15) is 0 Å². The highest BCUT2D eigenvalue weighted by molar-refractivity contribution is 5.85. The Balaban J connectivity index is 2.14. The molecule has 4 heteroatoms. The van der Waals surface area contributed by atoms with Crippen LogP contribution in [0.3, 0.4) is 0 Å². The van der Waals surface area contributed by atoms with Crippen LogP contribution < -0.4 is 10.2 Å². The number of methoxy groups -OCH3 is 1. The van der Waals surface area contributed by atoms with Crippen LogP contribution in [0, 0.1) is 0 Å². The molecule has 1 unspecified atom stereocenters. The Hall–Kier alpha value is -1.84. The Morgan fingerprint density at radius 1 is 1.40 bits per heavy atom. The summed E-state index contributed by atoms with van der Waals surface area (Å²) < 4.78 is 6.84. The van der Waals surface area contributed by atoms with Crippen molar-refractivity contribution in [3.8, 4) is 5.75 Å². The molecule has 0 aromatic heterocycles. The van der Waals surface area contributed by atoms with Crippen LogP contribution in [0.25, 0.3) is 0 Å². The van der Waals surface area contributed by atoms with Crippen LogP contribution in [0.15, 0.2) is 24.3 Å². The van der Waals surface area contributed by atoms with Gasteiger partial charge in [0.05, 0.1) is 7.11 Å². The number of amides is 1. The quantitative estimate of drug-likeness (QED) is 0.717. The minimum Gasteiger partial charge on any atom is -0.497 e. The first-order valence-corrected chi connectivity index (χ1v) is 4.78. The number of hydrogen-bond donors (Lipinski definition) is 1. The van der Waals surface area contributed by atoms with Gasteiger partial charge in [-0.15, -0.1) is 10.1 Å². The first-order chi connectivity index (χ1) is 7.20. The predicted molar refractivity (Wildman–Crippen MR) is 56.0 cm³/mol. The predicted octanol–water partition coefficient (Wildman–Crippen LogP) is 0.560. The largest absolute Gasteiger partial charge is 0.497 e. The van der Waals surface area contributed by atoms with E-state index in [9.17, 15) is 4.79 Å². The van der Waals surface area contributed by atoms with Gasteiger partial charge in [0.2, 0.25) is 6.21 Å². The van der Waals surface area contributed by atoms with Crippen LogP contribution in [-0.2, 0) is 4.79 Å². The molecule has 0 spiro atoms. The molecule has 1 saturated heterocycles. The van der Waals surface area contributed by atoms with E-state index in [-0.39, 0.29) is 11.9 Å². The van der Waals surface area contributed by atoms with E-state index in [1.807, 2.05) is 37.4 Å². The second-order valence-electron chi connectivity index (χ2n) is 3.46. The number of benzene rings is 1. The summed E-state index contributed by atoms with van der Waals surface area (Å²) >= 11 is 0. The number of nitrogens with zero attached hydrogens (tertiary/aromatic N) is 1. The maximum absolute atomic E-state index is 10.9. The number of carbonyl (C=O) groups excluding carboxylic acids is 1. The number of hydrazone groups is 1. The number of hydrogen-bond acceptors (Lipinski definition) is 2. The second kappa shape index (κ2) is 3.73. The molecule has 0 aliphatic carbocycles. The summed E-state index contributed by atoms with van der Waals surface area (Å²) in [6.45, 7) is 1.86. The van der Waals surface area contributed by atoms with Crippen molar-refractivity contribution in [2.45, 2.75) is 13.0 Å². The molecule has 15 heavy (non-hydrogen) atoms. The summed E-state index contributed by atoms with van der Waals surface area (Å²) in [6.07, 6.45) is 1.89. The van der Waals surface area contributed by atoms with Crippen molar-refractivity contribution in [3.05, 3.63) is 29.8 Å². The van der Waals surface area contributed by atoms with Gasteiger partial charge >= 0.3 is 5.91 Å². The van der Waals surface area contributed by atoms with E-state index in [0.717, 1.165) is 11.3 Å². The highest BCUT2D eigenvalue weighted by atomic mass is 16.5. The monoisotopic (exact) mass is 205 g/mol. The minimum absolute atomic E-state index is 0.0553. The third kappa shape index (κ3) is 1.83. The average molecular weight is 205 g/mol. The Morgan fingerprint density at radius 3 is 2.53 bits per heavy atom. The molecule has 1 heterocycles. The molecule has 1 amide bonds. The molecule has 1 aromatic rings. The first kappa shape index (κ1) is 9.71. The zero-order valence-electron chi connectivity index (χ0n) is 8.73. The standard InChI is InChI=1S/C11H12N2O2/c1-8-11(14)12-13(8)7-9-3-5-10(15-2)6-4-9/h3-8H,1-2H3/p+1/b13-7-. The van der Waals surface area contributed by atoms with Crippen LogP contribution in [0.1, 0.15) is 12.5 Å². The molecule has 2 rings (SSSR count). The van der Waals surface area contributed by atoms with E-state index in [1.165, 1.54) is 0 Å². The lowest BCUT2D eigenvalue weighted by Crippen LogP contribution is -2.59. The third-order valence-electron chi connectivity index (χ3n) is 2.44. The Kier molecular flexibility index (Phi) is 2.41. The van der Waals surface area contributed by atoms with E-state index < -0.39 is 0 Å². The minimum atomic E-state index is -0.0768. The van der Waals surface area contributed by atoms with E-state index >= 15 is 0 Å². The Bertz CT molecular complexity index is 409. The summed E-state index contributed by atoms with van der Waals surface area (Å²) in [6, 6.07) is 7.58. The molecule has 4 nitrogen and oxygen atoms in total. The van der Waals surface area contributed by atoms with Gasteiger partial charge in [0.25, 0.3) is 6.04 Å². The normalized spacial score (nSPS) is 22.1. The number of ether oxygens (including phenoxy) is 1. The molecule has 0 bridgehead atoms. The number of carbonyl (C=O) groups is 1. The van der Waals surface area contributed by atoms with Crippen molar-refractivity contribution in [1.29, 1.82) is 0 Å². The number of hydrazine groups is 1. The summed E-state index contributed by atoms with van der Waals surface area (Å²) in [7, 11) is 1.64. The summed E-state index contributed by atoms with van der Waals surface area (Å²) in [5.41, 5.74) is 3.71. The van der Waals surface area contributed by atoms with Gasteiger partial charge in [0.15, 0.2) is 0 Å². The van der Waals surface area contributed by atoms with Crippen molar-refractivity contribution in [1.82, 2.24) is 5.43 Å². The fourth-order valence-corrected chi connectivity index (χ4v) is 1.37. The third-order valence-corrected chi connectivity index (χ3v) is 2.44. The van der Waals surface area contributed by atoms with Gasteiger partial charge in [-0.1, -0.05) is 0 Å². The van der Waals surface area contributed by atoms with E-state index in [4.69, 9.17) is 4.74 Å². The zero-order valence-corrected chi connectivity index (χ0v) is 8.73. The van der Waals surface area contributed by atoms with Crippen LogP contribution in [-0.4, -0.2) is 30.0 Å². The number of rotatable bonds is 2. The van der Waals surface area contributed by atoms with Gasteiger partial charge in [0, 0.05) is 12.5 Å². The lowest BCUT2D eigenvalue weighted by molar-refractivity contribution is -0.630. The average Bonchev–Trinajstić information content (AvgIpc) is 2.29. The van der Waals surface area contributed by atoms with Crippen LogP contribution >= 0.6 is 0 Å². The maximum atomic E-state index is 10.9. The molecule has 1 aromatic carbocycles. The molecule has 1 N–H and O–H groups in total. The summed E-state index contributed by atoms with van der Waals surface area (Å²) in [5.74, 6) is 0.882. The van der Waals surface area contributed by atoms with E-state index in [0.29, 0.717) is 0 Å². The van der Waals surface area contributed by atoms with Gasteiger partial charge < -0.3 is 4.74 Å². The summed E-state index contributed by atoms with van der Waals surface area (Å²) in [4.78, 5) is 10.9. The number of nitrogens with one attached hydrogen (secondary N) is 1. The Morgan fingerprint density at radius 2 is 2.07 bits per heavy atom. The first-order valence-electron chi connectivity index (χ1n) is 4.78.